The Morgan fingerprint density at radius 3 is 2.54 bits per heavy atom. The van der Waals surface area contributed by atoms with Crippen molar-refractivity contribution in [3.63, 3.8) is 0 Å². The van der Waals surface area contributed by atoms with Crippen molar-refractivity contribution in [2.45, 2.75) is 0 Å². The van der Waals surface area contributed by atoms with Crippen LogP contribution >= 0.6 is 29.2 Å². The van der Waals surface area contributed by atoms with Crippen molar-refractivity contribution >= 4 is 68.9 Å². The highest BCUT2D eigenvalue weighted by Gasteiger charge is 2.33. The normalized spacial score (nSPS) is 18.7. The van der Waals surface area contributed by atoms with E-state index in [4.69, 9.17) is 32.9 Å². The first-order valence-electron chi connectivity index (χ1n) is 7.98. The van der Waals surface area contributed by atoms with Gasteiger partial charge >= 0.3 is 0 Å². The zero-order chi connectivity index (χ0) is 18.3. The number of benzene rings is 2. The van der Waals surface area contributed by atoms with Gasteiger partial charge in [-0.05, 0) is 65.7 Å². The summed E-state index contributed by atoms with van der Waals surface area (Å²) in [5.41, 5.74) is 1.96. The number of fused-ring (bicyclic) bond motifs is 1. The lowest BCUT2D eigenvalue weighted by atomic mass is 10.2. The summed E-state index contributed by atoms with van der Waals surface area (Å²) in [6, 6.07) is 17.8. The SMILES string of the molecule is CN(C)c1ccc2c(c1)N=C(c1cccs1)OP2(=S)c1ccc(Cl)cc1. The van der Waals surface area contributed by atoms with E-state index in [0.29, 0.717) is 10.9 Å². The molecule has 4 rings (SSSR count). The summed E-state index contributed by atoms with van der Waals surface area (Å²) in [5.74, 6) is 0.599. The van der Waals surface area contributed by atoms with Crippen molar-refractivity contribution in [1.29, 1.82) is 0 Å². The van der Waals surface area contributed by atoms with E-state index in [-0.39, 0.29) is 0 Å². The number of nitrogens with zero attached hydrogens (tertiary/aromatic N) is 2. The molecular formula is C19H16ClN2OPS2. The molecule has 0 spiro atoms. The van der Waals surface area contributed by atoms with Gasteiger partial charge in [0, 0.05) is 30.1 Å². The van der Waals surface area contributed by atoms with Crippen LogP contribution in [0.1, 0.15) is 4.88 Å². The van der Waals surface area contributed by atoms with E-state index in [0.717, 1.165) is 26.9 Å². The van der Waals surface area contributed by atoms with E-state index < -0.39 is 6.26 Å². The van der Waals surface area contributed by atoms with Gasteiger partial charge in [-0.15, -0.1) is 11.3 Å². The molecule has 0 fully saturated rings. The Bertz CT molecular complexity index is 1030. The number of hydrogen-bond donors (Lipinski definition) is 0. The number of aliphatic imine (C=N–C) groups is 1. The van der Waals surface area contributed by atoms with E-state index >= 15 is 0 Å². The molecule has 0 N–H and O–H groups in total. The van der Waals surface area contributed by atoms with E-state index in [1.165, 1.54) is 0 Å². The maximum atomic E-state index is 6.40. The van der Waals surface area contributed by atoms with Crippen LogP contribution in [-0.4, -0.2) is 20.0 Å². The van der Waals surface area contributed by atoms with Gasteiger partial charge in [0.1, 0.15) is 0 Å². The van der Waals surface area contributed by atoms with Crippen molar-refractivity contribution in [1.82, 2.24) is 0 Å². The Kier molecular flexibility index (Phi) is 4.66. The second-order valence-electron chi connectivity index (χ2n) is 6.08. The lowest BCUT2D eigenvalue weighted by Gasteiger charge is -2.30. The van der Waals surface area contributed by atoms with Crippen LogP contribution in [0.5, 0.6) is 0 Å². The molecule has 0 bridgehead atoms. The Morgan fingerprint density at radius 2 is 1.88 bits per heavy atom. The van der Waals surface area contributed by atoms with E-state index in [1.807, 2.05) is 55.9 Å². The lowest BCUT2D eigenvalue weighted by Crippen LogP contribution is -2.25. The van der Waals surface area contributed by atoms with Gasteiger partial charge in [0.2, 0.25) is 5.90 Å². The molecule has 2 heterocycles. The zero-order valence-electron chi connectivity index (χ0n) is 14.2. The summed E-state index contributed by atoms with van der Waals surface area (Å²) in [6.45, 7) is 0. The van der Waals surface area contributed by atoms with E-state index in [2.05, 4.69) is 23.1 Å². The largest absolute Gasteiger partial charge is 0.439 e. The van der Waals surface area contributed by atoms with Crippen LogP contribution in [0.25, 0.3) is 0 Å². The number of halogens is 1. The summed E-state index contributed by atoms with van der Waals surface area (Å²) >= 11 is 13.8. The van der Waals surface area contributed by atoms with Crippen molar-refractivity contribution < 1.29 is 4.52 Å². The summed E-state index contributed by atoms with van der Waals surface area (Å²) in [5, 5.41) is 4.64. The first-order valence-corrected chi connectivity index (χ1v) is 12.0. The molecule has 1 aliphatic heterocycles. The summed E-state index contributed by atoms with van der Waals surface area (Å²) in [6.07, 6.45) is -2.49. The Hall–Kier alpha value is -1.65. The third-order valence-corrected chi connectivity index (χ3v) is 9.10. The predicted molar refractivity (Wildman–Crippen MR) is 117 cm³/mol. The number of rotatable bonds is 3. The lowest BCUT2D eigenvalue weighted by molar-refractivity contribution is 0.626. The standard InChI is InChI=1S/C19H16ClN2OPS2/c1-22(2)14-7-10-17-16(12-14)21-19(18-4-3-11-26-18)23-24(17,25)15-8-5-13(20)6-9-15/h3-12H,1-2H3. The molecule has 0 amide bonds. The molecule has 0 saturated carbocycles. The molecule has 2 aromatic carbocycles. The third-order valence-electron chi connectivity index (χ3n) is 4.13. The average Bonchev–Trinajstić information content (AvgIpc) is 3.16. The minimum atomic E-state index is -2.49. The monoisotopic (exact) mass is 418 g/mol. The smallest absolute Gasteiger partial charge is 0.235 e. The molecule has 1 unspecified atom stereocenters. The highest BCUT2D eigenvalue weighted by atomic mass is 35.5. The van der Waals surface area contributed by atoms with Crippen molar-refractivity contribution in [2.24, 2.45) is 4.99 Å². The quantitative estimate of drug-likeness (QED) is 0.564. The van der Waals surface area contributed by atoms with Crippen molar-refractivity contribution in [2.75, 3.05) is 19.0 Å². The minimum absolute atomic E-state index is 0.599. The molecule has 132 valence electrons. The van der Waals surface area contributed by atoms with Gasteiger partial charge in [-0.3, -0.25) is 0 Å². The molecule has 0 aliphatic carbocycles. The van der Waals surface area contributed by atoms with Gasteiger partial charge in [-0.25, -0.2) is 4.99 Å². The fourth-order valence-electron chi connectivity index (χ4n) is 2.76. The fourth-order valence-corrected chi connectivity index (χ4v) is 6.73. The van der Waals surface area contributed by atoms with Crippen LogP contribution in [0.3, 0.4) is 0 Å². The summed E-state index contributed by atoms with van der Waals surface area (Å²) in [4.78, 5) is 7.82. The summed E-state index contributed by atoms with van der Waals surface area (Å²) in [7, 11) is 4.03. The van der Waals surface area contributed by atoms with Gasteiger partial charge < -0.3 is 9.42 Å². The number of thiophene rings is 1. The average molecular weight is 419 g/mol. The van der Waals surface area contributed by atoms with E-state index in [1.54, 1.807) is 11.3 Å². The predicted octanol–water partition coefficient (Wildman–Crippen LogP) is 4.92. The van der Waals surface area contributed by atoms with Gasteiger partial charge in [0.15, 0.2) is 6.26 Å². The van der Waals surface area contributed by atoms with Crippen LogP contribution in [0, 0.1) is 0 Å². The summed E-state index contributed by atoms with van der Waals surface area (Å²) < 4.78 is 6.40. The first kappa shape index (κ1) is 17.7. The van der Waals surface area contributed by atoms with Gasteiger partial charge in [0.25, 0.3) is 0 Å². The molecule has 1 aliphatic rings. The maximum absolute atomic E-state index is 6.40. The van der Waals surface area contributed by atoms with E-state index in [9.17, 15) is 0 Å². The number of anilines is 1. The molecule has 0 saturated heterocycles. The zero-order valence-corrected chi connectivity index (χ0v) is 17.5. The van der Waals surface area contributed by atoms with Crippen molar-refractivity contribution in [3.05, 3.63) is 69.9 Å². The third kappa shape index (κ3) is 3.10. The molecule has 3 nitrogen and oxygen atoms in total. The molecular weight excluding hydrogens is 403 g/mol. The topological polar surface area (TPSA) is 24.8 Å². The van der Waals surface area contributed by atoms with Crippen LogP contribution in [0.2, 0.25) is 5.02 Å². The second-order valence-corrected chi connectivity index (χ2v) is 11.3. The second kappa shape index (κ2) is 6.82. The molecule has 7 heteroatoms. The first-order chi connectivity index (χ1) is 12.5. The molecule has 1 aromatic heterocycles. The van der Waals surface area contributed by atoms with Crippen LogP contribution in [0.4, 0.5) is 11.4 Å². The Morgan fingerprint density at radius 1 is 1.12 bits per heavy atom. The van der Waals surface area contributed by atoms with Gasteiger partial charge in [0.05, 0.1) is 15.9 Å². The highest BCUT2D eigenvalue weighted by molar-refractivity contribution is 8.19. The van der Waals surface area contributed by atoms with Crippen LogP contribution in [-0.2, 0) is 16.3 Å². The van der Waals surface area contributed by atoms with Crippen LogP contribution < -0.4 is 15.5 Å². The van der Waals surface area contributed by atoms with Gasteiger partial charge in [-0.1, -0.05) is 17.7 Å². The maximum Gasteiger partial charge on any atom is 0.235 e. The number of hydrogen-bond acceptors (Lipinski definition) is 5. The van der Waals surface area contributed by atoms with Crippen LogP contribution in [0.15, 0.2) is 65.0 Å². The molecule has 1 atom stereocenters. The Labute approximate surface area is 167 Å². The molecule has 3 aromatic rings. The highest BCUT2D eigenvalue weighted by Crippen LogP contribution is 2.52. The van der Waals surface area contributed by atoms with Gasteiger partial charge in [-0.2, -0.15) is 0 Å². The van der Waals surface area contributed by atoms with Crippen molar-refractivity contribution in [3.8, 4) is 0 Å². The fraction of sp³-hybridized carbons (Fsp3) is 0.105. The Balaban J connectivity index is 1.93. The molecule has 0 radical (unpaired) electrons. The minimum Gasteiger partial charge on any atom is -0.439 e. The molecule has 26 heavy (non-hydrogen) atoms.